The monoisotopic (exact) mass is 341 g/mol. The predicted molar refractivity (Wildman–Crippen MR) is 96.8 cm³/mol. The molecule has 25 heavy (non-hydrogen) atoms. The average Bonchev–Trinajstić information content (AvgIpc) is 2.61. The van der Waals surface area contributed by atoms with Crippen LogP contribution in [0.15, 0.2) is 42.5 Å². The van der Waals surface area contributed by atoms with Crippen LogP contribution in [-0.2, 0) is 20.7 Å². The first kappa shape index (κ1) is 18.5. The third-order valence-corrected chi connectivity index (χ3v) is 3.88. The molecule has 1 amide bonds. The first-order valence-corrected chi connectivity index (χ1v) is 8.23. The molecule has 0 radical (unpaired) electrons. The first-order chi connectivity index (χ1) is 12.0. The summed E-state index contributed by atoms with van der Waals surface area (Å²) >= 11 is 0. The highest BCUT2D eigenvalue weighted by Crippen LogP contribution is 2.20. The minimum Gasteiger partial charge on any atom is -0.482 e. The van der Waals surface area contributed by atoms with Crippen molar-refractivity contribution in [3.05, 3.63) is 59.2 Å². The summed E-state index contributed by atoms with van der Waals surface area (Å²) in [5.41, 5.74) is 3.87. The minimum atomic E-state index is -0.585. The summed E-state index contributed by atoms with van der Waals surface area (Å²) in [6.07, 6.45) is 0.883. The molecule has 5 nitrogen and oxygen atoms in total. The number of anilines is 1. The number of hydrogen-bond acceptors (Lipinski definition) is 4. The van der Waals surface area contributed by atoms with Crippen molar-refractivity contribution in [1.82, 2.24) is 0 Å². The lowest BCUT2D eigenvalue weighted by Gasteiger charge is -2.11. The molecule has 0 aliphatic heterocycles. The van der Waals surface area contributed by atoms with Gasteiger partial charge in [-0.05, 0) is 55.2 Å². The fraction of sp³-hybridized carbons (Fsp3) is 0.300. The van der Waals surface area contributed by atoms with Crippen LogP contribution in [0.3, 0.4) is 0 Å². The molecule has 0 aromatic heterocycles. The van der Waals surface area contributed by atoms with Gasteiger partial charge in [-0.3, -0.25) is 4.79 Å². The summed E-state index contributed by atoms with van der Waals surface area (Å²) in [5.74, 6) is -0.329. The van der Waals surface area contributed by atoms with Crippen LogP contribution in [0.1, 0.15) is 23.6 Å². The Morgan fingerprint density at radius 1 is 1.04 bits per heavy atom. The Kier molecular flexibility index (Phi) is 6.57. The zero-order chi connectivity index (χ0) is 18.2. The lowest BCUT2D eigenvalue weighted by atomic mass is 10.1. The number of aryl methyl sites for hydroxylation is 2. The Morgan fingerprint density at radius 3 is 2.56 bits per heavy atom. The fourth-order valence-corrected chi connectivity index (χ4v) is 2.27. The predicted octanol–water partition coefficient (Wildman–Crippen LogP) is 3.43. The van der Waals surface area contributed by atoms with Gasteiger partial charge in [-0.2, -0.15) is 0 Å². The van der Waals surface area contributed by atoms with Crippen molar-refractivity contribution in [2.75, 3.05) is 18.5 Å². The maximum Gasteiger partial charge on any atom is 0.344 e. The van der Waals surface area contributed by atoms with Gasteiger partial charge in [-0.25, -0.2) is 4.79 Å². The largest absolute Gasteiger partial charge is 0.482 e. The van der Waals surface area contributed by atoms with Crippen molar-refractivity contribution in [3.63, 3.8) is 0 Å². The number of esters is 1. The summed E-state index contributed by atoms with van der Waals surface area (Å²) in [7, 11) is 0. The summed E-state index contributed by atoms with van der Waals surface area (Å²) in [6, 6.07) is 13.2. The van der Waals surface area contributed by atoms with Crippen LogP contribution >= 0.6 is 0 Å². The van der Waals surface area contributed by atoms with Crippen LogP contribution in [0.2, 0.25) is 0 Å². The number of hydrogen-bond donors (Lipinski definition) is 1. The standard InChI is InChI=1S/C20H23NO4/c1-4-16-8-6-9-17(11-16)21-19(22)12-25-20(23)13-24-18-10-5-7-14(2)15(18)3/h5-11H,4,12-13H2,1-3H3,(H,21,22). The van der Waals surface area contributed by atoms with Crippen molar-refractivity contribution in [2.45, 2.75) is 27.2 Å². The van der Waals surface area contributed by atoms with Gasteiger partial charge in [0.1, 0.15) is 5.75 Å². The maximum atomic E-state index is 11.9. The topological polar surface area (TPSA) is 64.6 Å². The zero-order valence-electron chi connectivity index (χ0n) is 14.8. The van der Waals surface area contributed by atoms with Crippen molar-refractivity contribution < 1.29 is 19.1 Å². The van der Waals surface area contributed by atoms with Gasteiger partial charge in [0, 0.05) is 5.69 Å². The quantitative estimate of drug-likeness (QED) is 0.784. The highest BCUT2D eigenvalue weighted by Gasteiger charge is 2.10. The Balaban J connectivity index is 1.77. The summed E-state index contributed by atoms with van der Waals surface area (Å²) in [5, 5.41) is 2.71. The summed E-state index contributed by atoms with van der Waals surface area (Å²) < 4.78 is 10.4. The van der Waals surface area contributed by atoms with Crippen LogP contribution in [-0.4, -0.2) is 25.1 Å². The molecule has 2 rings (SSSR count). The zero-order valence-corrected chi connectivity index (χ0v) is 14.8. The van der Waals surface area contributed by atoms with E-state index < -0.39 is 5.97 Å². The SMILES string of the molecule is CCc1cccc(NC(=O)COC(=O)COc2cccc(C)c2C)c1. The van der Waals surface area contributed by atoms with Gasteiger partial charge >= 0.3 is 5.97 Å². The van der Waals surface area contributed by atoms with Crippen molar-refractivity contribution in [3.8, 4) is 5.75 Å². The molecular formula is C20H23NO4. The lowest BCUT2D eigenvalue weighted by molar-refractivity contribution is -0.149. The molecule has 0 heterocycles. The van der Waals surface area contributed by atoms with E-state index in [2.05, 4.69) is 5.32 Å². The van der Waals surface area contributed by atoms with Gasteiger partial charge in [0.15, 0.2) is 13.2 Å². The minimum absolute atomic E-state index is 0.233. The molecule has 0 unspecified atom stereocenters. The van der Waals surface area contributed by atoms with Gasteiger partial charge in [0.2, 0.25) is 0 Å². The van der Waals surface area contributed by atoms with Crippen LogP contribution in [0.5, 0.6) is 5.75 Å². The van der Waals surface area contributed by atoms with E-state index in [0.717, 1.165) is 23.1 Å². The van der Waals surface area contributed by atoms with E-state index in [1.807, 2.05) is 51.1 Å². The number of amides is 1. The van der Waals surface area contributed by atoms with Crippen LogP contribution < -0.4 is 10.1 Å². The van der Waals surface area contributed by atoms with E-state index in [1.54, 1.807) is 12.1 Å². The molecular weight excluding hydrogens is 318 g/mol. The molecule has 0 saturated heterocycles. The number of ether oxygens (including phenoxy) is 2. The van der Waals surface area contributed by atoms with Gasteiger partial charge < -0.3 is 14.8 Å². The third kappa shape index (κ3) is 5.64. The Hall–Kier alpha value is -2.82. The van der Waals surface area contributed by atoms with Crippen molar-refractivity contribution in [2.24, 2.45) is 0 Å². The van der Waals surface area contributed by atoms with E-state index in [-0.39, 0.29) is 19.1 Å². The molecule has 2 aromatic rings. The number of nitrogens with one attached hydrogen (secondary N) is 1. The molecule has 0 aliphatic rings. The van der Waals surface area contributed by atoms with Gasteiger partial charge in [0.05, 0.1) is 0 Å². The normalized spacial score (nSPS) is 10.2. The number of carbonyl (C=O) groups excluding carboxylic acids is 2. The third-order valence-electron chi connectivity index (χ3n) is 3.88. The van der Waals surface area contributed by atoms with Gasteiger partial charge in [0.25, 0.3) is 5.91 Å². The Bertz CT molecular complexity index is 755. The summed E-state index contributed by atoms with van der Waals surface area (Å²) in [4.78, 5) is 23.6. The smallest absolute Gasteiger partial charge is 0.344 e. The van der Waals surface area contributed by atoms with Crippen molar-refractivity contribution >= 4 is 17.6 Å². The second-order valence-corrected chi connectivity index (χ2v) is 5.75. The molecule has 0 aliphatic carbocycles. The molecule has 0 bridgehead atoms. The average molecular weight is 341 g/mol. The Morgan fingerprint density at radius 2 is 1.80 bits per heavy atom. The highest BCUT2D eigenvalue weighted by molar-refractivity contribution is 5.92. The van der Waals surface area contributed by atoms with Gasteiger partial charge in [-0.15, -0.1) is 0 Å². The number of rotatable bonds is 7. The van der Waals surface area contributed by atoms with E-state index in [0.29, 0.717) is 11.4 Å². The number of benzene rings is 2. The molecule has 0 atom stereocenters. The van der Waals surface area contributed by atoms with E-state index in [1.165, 1.54) is 0 Å². The molecule has 5 heteroatoms. The number of carbonyl (C=O) groups is 2. The van der Waals surface area contributed by atoms with Gasteiger partial charge in [-0.1, -0.05) is 31.2 Å². The van der Waals surface area contributed by atoms with E-state index in [9.17, 15) is 9.59 Å². The molecule has 2 aromatic carbocycles. The lowest BCUT2D eigenvalue weighted by Crippen LogP contribution is -2.23. The highest BCUT2D eigenvalue weighted by atomic mass is 16.6. The maximum absolute atomic E-state index is 11.9. The van der Waals surface area contributed by atoms with Crippen LogP contribution in [0, 0.1) is 13.8 Å². The molecule has 132 valence electrons. The second kappa shape index (κ2) is 8.87. The van der Waals surface area contributed by atoms with Crippen LogP contribution in [0.4, 0.5) is 5.69 Å². The van der Waals surface area contributed by atoms with Crippen molar-refractivity contribution in [1.29, 1.82) is 0 Å². The molecule has 0 spiro atoms. The van der Waals surface area contributed by atoms with E-state index >= 15 is 0 Å². The molecule has 0 fully saturated rings. The first-order valence-electron chi connectivity index (χ1n) is 8.23. The molecule has 0 saturated carbocycles. The molecule has 1 N–H and O–H groups in total. The second-order valence-electron chi connectivity index (χ2n) is 5.75. The summed E-state index contributed by atoms with van der Waals surface area (Å²) in [6.45, 7) is 5.36. The Labute approximate surface area is 148 Å². The van der Waals surface area contributed by atoms with Crippen LogP contribution in [0.25, 0.3) is 0 Å². The fourth-order valence-electron chi connectivity index (χ4n) is 2.27. The van der Waals surface area contributed by atoms with E-state index in [4.69, 9.17) is 9.47 Å².